The van der Waals surface area contributed by atoms with Gasteiger partial charge in [0.05, 0.1) is 6.61 Å². The first-order valence-electron chi connectivity index (χ1n) is 7.46. The van der Waals surface area contributed by atoms with Crippen LogP contribution in [0.15, 0.2) is 30.3 Å². The summed E-state index contributed by atoms with van der Waals surface area (Å²) in [4.78, 5) is 10.4. The molecule has 2 aliphatic heterocycles. The molecule has 2 heterocycles. The van der Waals surface area contributed by atoms with Crippen molar-refractivity contribution in [2.24, 2.45) is 0 Å². The Morgan fingerprint density at radius 3 is 2.57 bits per heavy atom. The van der Waals surface area contributed by atoms with Crippen LogP contribution in [0.5, 0.6) is 0 Å². The van der Waals surface area contributed by atoms with Gasteiger partial charge in [-0.15, -0.1) is 0 Å². The topological polar surface area (TPSA) is 111 Å². The first-order valence-corrected chi connectivity index (χ1v) is 7.46. The molecule has 1 aromatic carbocycles. The molecular weight excluding hydrogens is 306 g/mol. The molecule has 3 rings (SSSR count). The number of aliphatic hydroxyl groups excluding tert-OH is 2. The SMILES string of the molecule is C[C@H]([C@@H]1O[C@@H]2COC(c3ccccc3)O[C@H]2[C@H](O)[C@H]1O)[N+](=O)[O-]. The van der Waals surface area contributed by atoms with Crippen LogP contribution in [-0.2, 0) is 14.2 Å². The second-order valence-electron chi connectivity index (χ2n) is 5.82. The summed E-state index contributed by atoms with van der Waals surface area (Å²) in [6.07, 6.45) is -5.93. The molecule has 0 aromatic heterocycles. The lowest BCUT2D eigenvalue weighted by atomic mass is 9.91. The van der Waals surface area contributed by atoms with Gasteiger partial charge in [-0.05, 0) is 0 Å². The second kappa shape index (κ2) is 6.50. The molecule has 1 unspecified atom stereocenters. The van der Waals surface area contributed by atoms with E-state index >= 15 is 0 Å². The smallest absolute Gasteiger partial charge is 0.238 e. The van der Waals surface area contributed by atoms with Crippen LogP contribution in [0.2, 0.25) is 0 Å². The van der Waals surface area contributed by atoms with Crippen LogP contribution in [0.1, 0.15) is 18.8 Å². The maximum Gasteiger partial charge on any atom is 0.238 e. The third-order valence-electron chi connectivity index (χ3n) is 4.29. The Hall–Kier alpha value is -1.58. The standard InChI is InChI=1S/C15H19NO7/c1-8(16(19)20)13-11(17)12(18)14-10(22-13)7-21-15(23-14)9-5-3-2-4-6-9/h2-6,8,10-15,17-18H,7H2,1H3/t8-,10-,11-,12-,13+,14-,15?/m1/s1. The zero-order valence-electron chi connectivity index (χ0n) is 12.5. The van der Waals surface area contributed by atoms with Crippen LogP contribution >= 0.6 is 0 Å². The number of rotatable bonds is 3. The van der Waals surface area contributed by atoms with E-state index in [1.165, 1.54) is 6.92 Å². The van der Waals surface area contributed by atoms with E-state index in [9.17, 15) is 20.3 Å². The lowest BCUT2D eigenvalue weighted by Crippen LogP contribution is -2.64. The highest BCUT2D eigenvalue weighted by atomic mass is 16.7. The molecule has 2 fully saturated rings. The minimum atomic E-state index is -1.40. The lowest BCUT2D eigenvalue weighted by molar-refractivity contribution is -0.539. The summed E-state index contributed by atoms with van der Waals surface area (Å²) in [6, 6.07) is 8.05. The summed E-state index contributed by atoms with van der Waals surface area (Å²) in [7, 11) is 0. The summed E-state index contributed by atoms with van der Waals surface area (Å²) in [5.74, 6) is 0. The van der Waals surface area contributed by atoms with E-state index in [1.807, 2.05) is 30.3 Å². The van der Waals surface area contributed by atoms with E-state index in [-0.39, 0.29) is 6.61 Å². The van der Waals surface area contributed by atoms with Crippen molar-refractivity contribution in [3.05, 3.63) is 46.0 Å². The van der Waals surface area contributed by atoms with Crippen LogP contribution in [-0.4, -0.2) is 58.3 Å². The minimum absolute atomic E-state index is 0.120. The monoisotopic (exact) mass is 325 g/mol. The molecule has 126 valence electrons. The Morgan fingerprint density at radius 1 is 1.22 bits per heavy atom. The molecule has 0 saturated carbocycles. The van der Waals surface area contributed by atoms with Crippen LogP contribution in [0.25, 0.3) is 0 Å². The molecule has 0 bridgehead atoms. The number of hydrogen-bond donors (Lipinski definition) is 2. The van der Waals surface area contributed by atoms with Gasteiger partial charge in [0.1, 0.15) is 24.4 Å². The molecule has 8 heteroatoms. The fourth-order valence-electron chi connectivity index (χ4n) is 2.94. The Labute approximate surface area is 132 Å². The molecule has 2 saturated heterocycles. The average molecular weight is 325 g/mol. The van der Waals surface area contributed by atoms with Gasteiger partial charge < -0.3 is 24.4 Å². The predicted molar refractivity (Wildman–Crippen MR) is 77.1 cm³/mol. The second-order valence-corrected chi connectivity index (χ2v) is 5.82. The van der Waals surface area contributed by atoms with Gasteiger partial charge in [0.25, 0.3) is 0 Å². The minimum Gasteiger partial charge on any atom is -0.387 e. The maximum absolute atomic E-state index is 10.9. The van der Waals surface area contributed by atoms with Crippen molar-refractivity contribution in [2.75, 3.05) is 6.61 Å². The van der Waals surface area contributed by atoms with Gasteiger partial charge in [0, 0.05) is 17.4 Å². The molecule has 0 amide bonds. The van der Waals surface area contributed by atoms with Crippen molar-refractivity contribution >= 4 is 0 Å². The van der Waals surface area contributed by atoms with E-state index in [1.54, 1.807) is 0 Å². The number of aliphatic hydroxyl groups is 2. The van der Waals surface area contributed by atoms with Crippen molar-refractivity contribution in [1.29, 1.82) is 0 Å². The maximum atomic E-state index is 10.9. The number of hydrogen-bond acceptors (Lipinski definition) is 7. The third-order valence-corrected chi connectivity index (χ3v) is 4.29. The lowest BCUT2D eigenvalue weighted by Gasteiger charge is -2.46. The molecule has 8 nitrogen and oxygen atoms in total. The van der Waals surface area contributed by atoms with Gasteiger partial charge in [0.2, 0.25) is 6.04 Å². The fourth-order valence-corrected chi connectivity index (χ4v) is 2.94. The number of nitro groups is 1. The van der Waals surface area contributed by atoms with Crippen molar-refractivity contribution in [3.8, 4) is 0 Å². The number of ether oxygens (including phenoxy) is 3. The van der Waals surface area contributed by atoms with Gasteiger partial charge in [-0.1, -0.05) is 30.3 Å². The fraction of sp³-hybridized carbons (Fsp3) is 0.600. The third kappa shape index (κ3) is 3.08. The van der Waals surface area contributed by atoms with Crippen LogP contribution in [0.4, 0.5) is 0 Å². The highest BCUT2D eigenvalue weighted by molar-refractivity contribution is 5.16. The molecule has 2 aliphatic rings. The molecule has 2 N–H and O–H groups in total. The van der Waals surface area contributed by atoms with Crippen molar-refractivity contribution < 1.29 is 29.3 Å². The summed E-state index contributed by atoms with van der Waals surface area (Å²) in [5.41, 5.74) is 0.786. The molecule has 0 radical (unpaired) electrons. The molecule has 23 heavy (non-hydrogen) atoms. The van der Waals surface area contributed by atoms with E-state index < -0.39 is 47.8 Å². The van der Waals surface area contributed by atoms with Crippen LogP contribution in [0, 0.1) is 10.1 Å². The van der Waals surface area contributed by atoms with E-state index in [4.69, 9.17) is 14.2 Å². The highest BCUT2D eigenvalue weighted by Gasteiger charge is 2.52. The summed E-state index contributed by atoms with van der Waals surface area (Å²) in [5, 5.41) is 31.4. The zero-order valence-corrected chi connectivity index (χ0v) is 12.5. The van der Waals surface area contributed by atoms with Crippen molar-refractivity contribution in [3.63, 3.8) is 0 Å². The Kier molecular flexibility index (Phi) is 4.60. The van der Waals surface area contributed by atoms with E-state index in [0.29, 0.717) is 0 Å². The summed E-state index contributed by atoms with van der Waals surface area (Å²) in [6.45, 7) is 1.45. The number of nitrogens with zero attached hydrogens (tertiary/aromatic N) is 1. The van der Waals surface area contributed by atoms with Gasteiger partial charge in [0.15, 0.2) is 12.4 Å². The average Bonchev–Trinajstić information content (AvgIpc) is 2.58. The molecule has 0 spiro atoms. The largest absolute Gasteiger partial charge is 0.387 e. The van der Waals surface area contributed by atoms with Gasteiger partial charge >= 0.3 is 0 Å². The van der Waals surface area contributed by atoms with Crippen LogP contribution in [0.3, 0.4) is 0 Å². The molecule has 7 atom stereocenters. The Balaban J connectivity index is 1.74. The van der Waals surface area contributed by atoms with Crippen molar-refractivity contribution in [2.45, 2.75) is 49.8 Å². The first kappa shape index (κ1) is 16.3. The molecule has 0 aliphatic carbocycles. The number of benzene rings is 1. The highest BCUT2D eigenvalue weighted by Crippen LogP contribution is 2.34. The quantitative estimate of drug-likeness (QED) is 0.605. The van der Waals surface area contributed by atoms with Gasteiger partial charge in [-0.3, -0.25) is 10.1 Å². The molecule has 1 aromatic rings. The van der Waals surface area contributed by atoms with Gasteiger partial charge in [-0.25, -0.2) is 0 Å². The first-order chi connectivity index (χ1) is 11.0. The summed E-state index contributed by atoms with van der Waals surface area (Å²) < 4.78 is 16.9. The Morgan fingerprint density at radius 2 is 1.91 bits per heavy atom. The van der Waals surface area contributed by atoms with Crippen molar-refractivity contribution in [1.82, 2.24) is 0 Å². The number of fused-ring (bicyclic) bond motifs is 1. The van der Waals surface area contributed by atoms with Crippen LogP contribution < -0.4 is 0 Å². The van der Waals surface area contributed by atoms with E-state index in [0.717, 1.165) is 5.56 Å². The van der Waals surface area contributed by atoms with Gasteiger partial charge in [-0.2, -0.15) is 0 Å². The predicted octanol–water partition coefficient (Wildman–Crippen LogP) is 0.255. The normalized spacial score (nSPS) is 38.6. The Bertz CT molecular complexity index is 552. The molecular formula is C15H19NO7. The summed E-state index contributed by atoms with van der Waals surface area (Å²) >= 11 is 0. The van der Waals surface area contributed by atoms with E-state index in [2.05, 4.69) is 0 Å². The zero-order chi connectivity index (χ0) is 16.6.